The minimum Gasteiger partial charge on any atom is -0.493 e. The number of ether oxygens (including phenoxy) is 2. The first kappa shape index (κ1) is 8.67. The van der Waals surface area contributed by atoms with Gasteiger partial charge in [-0.15, -0.1) is 0 Å². The molecule has 0 saturated heterocycles. The van der Waals surface area contributed by atoms with Gasteiger partial charge >= 0.3 is 0 Å². The molecule has 1 aromatic rings. The van der Waals surface area contributed by atoms with Gasteiger partial charge in [-0.3, -0.25) is 0 Å². The minimum absolute atomic E-state index is 0.405. The lowest BCUT2D eigenvalue weighted by molar-refractivity contribution is 0.283. The Balaban J connectivity index is 3.13. The van der Waals surface area contributed by atoms with Crippen molar-refractivity contribution in [2.24, 2.45) is 5.90 Å². The number of benzene rings is 1. The second-order valence-corrected chi connectivity index (χ2v) is 2.11. The molecular weight excluding hydrogens is 158 g/mol. The molecule has 2 N–H and O–H groups in total. The smallest absolute Gasteiger partial charge is 0.230 e. The van der Waals surface area contributed by atoms with Gasteiger partial charge in [-0.25, -0.2) is 0 Å². The molecule has 0 spiro atoms. The topological polar surface area (TPSA) is 53.7 Å². The summed E-state index contributed by atoms with van der Waals surface area (Å²) in [5.41, 5.74) is 0. The quantitative estimate of drug-likeness (QED) is 0.684. The summed E-state index contributed by atoms with van der Waals surface area (Å²) in [5, 5.41) is 0. The predicted octanol–water partition coefficient (Wildman–Crippen LogP) is 0.956. The highest BCUT2D eigenvalue weighted by molar-refractivity contribution is 5.50. The van der Waals surface area contributed by atoms with E-state index in [-0.39, 0.29) is 0 Å². The number of methoxy groups -OCH3 is 2. The van der Waals surface area contributed by atoms with Crippen LogP contribution in [0.5, 0.6) is 17.2 Å². The Hall–Kier alpha value is -1.42. The van der Waals surface area contributed by atoms with E-state index in [9.17, 15) is 0 Å². The molecule has 0 atom stereocenters. The van der Waals surface area contributed by atoms with Crippen molar-refractivity contribution in [3.8, 4) is 17.2 Å². The third-order valence-corrected chi connectivity index (χ3v) is 1.50. The van der Waals surface area contributed by atoms with E-state index in [1.165, 1.54) is 14.2 Å². The highest BCUT2D eigenvalue weighted by atomic mass is 16.6. The Morgan fingerprint density at radius 2 is 1.58 bits per heavy atom. The van der Waals surface area contributed by atoms with Crippen LogP contribution in [-0.4, -0.2) is 14.2 Å². The van der Waals surface area contributed by atoms with Gasteiger partial charge < -0.3 is 14.3 Å². The monoisotopic (exact) mass is 169 g/mol. The zero-order valence-corrected chi connectivity index (χ0v) is 7.03. The zero-order chi connectivity index (χ0) is 8.97. The van der Waals surface area contributed by atoms with E-state index < -0.39 is 0 Å². The van der Waals surface area contributed by atoms with Crippen LogP contribution in [0.25, 0.3) is 0 Å². The van der Waals surface area contributed by atoms with E-state index in [1.54, 1.807) is 18.2 Å². The van der Waals surface area contributed by atoms with Gasteiger partial charge in [0.25, 0.3) is 0 Å². The van der Waals surface area contributed by atoms with Crippen LogP contribution in [0.3, 0.4) is 0 Å². The van der Waals surface area contributed by atoms with E-state index >= 15 is 0 Å². The molecule has 0 saturated carbocycles. The largest absolute Gasteiger partial charge is 0.493 e. The van der Waals surface area contributed by atoms with Crippen LogP contribution in [0.15, 0.2) is 18.2 Å². The number of rotatable bonds is 3. The molecule has 0 bridgehead atoms. The molecule has 12 heavy (non-hydrogen) atoms. The van der Waals surface area contributed by atoms with E-state index in [1.807, 2.05) is 0 Å². The number of nitrogens with two attached hydrogens (primary N) is 1. The molecule has 66 valence electrons. The Morgan fingerprint density at radius 1 is 1.08 bits per heavy atom. The van der Waals surface area contributed by atoms with Gasteiger partial charge in [0.2, 0.25) is 5.75 Å². The second-order valence-electron chi connectivity index (χ2n) is 2.11. The SMILES string of the molecule is COc1cccc(OC)c1ON. The van der Waals surface area contributed by atoms with Crippen molar-refractivity contribution in [2.75, 3.05) is 14.2 Å². The molecule has 0 aliphatic rings. The molecule has 4 nitrogen and oxygen atoms in total. The fourth-order valence-electron chi connectivity index (χ4n) is 0.933. The van der Waals surface area contributed by atoms with Crippen LogP contribution in [-0.2, 0) is 0 Å². The first-order valence-corrected chi connectivity index (χ1v) is 3.41. The fraction of sp³-hybridized carbons (Fsp3) is 0.250. The van der Waals surface area contributed by atoms with Gasteiger partial charge in [0.1, 0.15) is 0 Å². The zero-order valence-electron chi connectivity index (χ0n) is 7.03. The first-order chi connectivity index (χ1) is 5.83. The minimum atomic E-state index is 0.405. The van der Waals surface area contributed by atoms with Crippen molar-refractivity contribution in [3.05, 3.63) is 18.2 Å². The average molecular weight is 169 g/mol. The Morgan fingerprint density at radius 3 is 1.92 bits per heavy atom. The summed E-state index contributed by atoms with van der Waals surface area (Å²) < 4.78 is 9.99. The van der Waals surface area contributed by atoms with Crippen LogP contribution in [0.4, 0.5) is 0 Å². The standard InChI is InChI=1S/C8H11NO3/c1-10-6-4-3-5-7(11-2)8(6)12-9/h3-5H,9H2,1-2H3. The summed E-state index contributed by atoms with van der Waals surface area (Å²) in [7, 11) is 3.08. The molecule has 0 heterocycles. The number of hydrogen-bond acceptors (Lipinski definition) is 4. The van der Waals surface area contributed by atoms with Gasteiger partial charge in [-0.05, 0) is 12.1 Å². The lowest BCUT2D eigenvalue weighted by Gasteiger charge is -2.09. The van der Waals surface area contributed by atoms with Crippen molar-refractivity contribution < 1.29 is 14.3 Å². The van der Waals surface area contributed by atoms with Crippen LogP contribution in [0.1, 0.15) is 0 Å². The molecule has 0 fully saturated rings. The third-order valence-electron chi connectivity index (χ3n) is 1.50. The van der Waals surface area contributed by atoms with E-state index in [4.69, 9.17) is 15.4 Å². The van der Waals surface area contributed by atoms with Crippen molar-refractivity contribution in [1.29, 1.82) is 0 Å². The maximum absolute atomic E-state index is 5.04. The van der Waals surface area contributed by atoms with Crippen LogP contribution < -0.4 is 20.2 Å². The van der Waals surface area contributed by atoms with E-state index in [2.05, 4.69) is 4.84 Å². The highest BCUT2D eigenvalue weighted by Gasteiger charge is 2.09. The molecule has 0 unspecified atom stereocenters. The van der Waals surface area contributed by atoms with E-state index in [0.717, 1.165) is 0 Å². The van der Waals surface area contributed by atoms with Crippen LogP contribution >= 0.6 is 0 Å². The molecule has 0 aromatic heterocycles. The van der Waals surface area contributed by atoms with Crippen molar-refractivity contribution in [2.45, 2.75) is 0 Å². The highest BCUT2D eigenvalue weighted by Crippen LogP contribution is 2.35. The maximum atomic E-state index is 5.04. The molecular formula is C8H11NO3. The lowest BCUT2D eigenvalue weighted by atomic mass is 10.3. The average Bonchev–Trinajstić information content (AvgIpc) is 2.16. The lowest BCUT2D eigenvalue weighted by Crippen LogP contribution is -2.05. The third kappa shape index (κ3) is 1.43. The van der Waals surface area contributed by atoms with Crippen LogP contribution in [0, 0.1) is 0 Å². The van der Waals surface area contributed by atoms with Gasteiger partial charge in [-0.2, -0.15) is 5.90 Å². The van der Waals surface area contributed by atoms with Crippen molar-refractivity contribution >= 4 is 0 Å². The molecule has 0 aliphatic heterocycles. The Labute approximate surface area is 70.8 Å². The molecule has 0 radical (unpaired) electrons. The summed E-state index contributed by atoms with van der Waals surface area (Å²) in [4.78, 5) is 4.61. The molecule has 1 rings (SSSR count). The normalized spacial score (nSPS) is 9.25. The first-order valence-electron chi connectivity index (χ1n) is 3.41. The molecule has 1 aromatic carbocycles. The summed E-state index contributed by atoms with van der Waals surface area (Å²) in [6.45, 7) is 0. The number of para-hydroxylation sites is 1. The van der Waals surface area contributed by atoms with Gasteiger partial charge in [0.15, 0.2) is 11.5 Å². The van der Waals surface area contributed by atoms with Gasteiger partial charge in [0.05, 0.1) is 14.2 Å². The summed E-state index contributed by atoms with van der Waals surface area (Å²) in [6, 6.07) is 5.27. The van der Waals surface area contributed by atoms with Gasteiger partial charge in [-0.1, -0.05) is 6.07 Å². The summed E-state index contributed by atoms with van der Waals surface area (Å²) >= 11 is 0. The number of hydrogen-bond donors (Lipinski definition) is 1. The molecule has 0 amide bonds. The second kappa shape index (κ2) is 3.82. The van der Waals surface area contributed by atoms with Crippen molar-refractivity contribution in [1.82, 2.24) is 0 Å². The maximum Gasteiger partial charge on any atom is 0.230 e. The Bertz CT molecular complexity index is 240. The van der Waals surface area contributed by atoms with Gasteiger partial charge in [0, 0.05) is 0 Å². The van der Waals surface area contributed by atoms with Crippen LogP contribution in [0.2, 0.25) is 0 Å². The van der Waals surface area contributed by atoms with E-state index in [0.29, 0.717) is 17.2 Å². The molecule has 4 heteroatoms. The summed E-state index contributed by atoms with van der Waals surface area (Å²) in [5.74, 6) is 6.55. The molecule has 0 aliphatic carbocycles. The predicted molar refractivity (Wildman–Crippen MR) is 44.4 cm³/mol. The fourth-order valence-corrected chi connectivity index (χ4v) is 0.933. The summed E-state index contributed by atoms with van der Waals surface area (Å²) in [6.07, 6.45) is 0. The van der Waals surface area contributed by atoms with Crippen molar-refractivity contribution in [3.63, 3.8) is 0 Å². The Kier molecular flexibility index (Phi) is 2.76.